The van der Waals surface area contributed by atoms with Gasteiger partial charge in [0.05, 0.1) is 5.56 Å². The van der Waals surface area contributed by atoms with Crippen LogP contribution in [0.25, 0.3) is 10.9 Å². The average molecular weight is 265 g/mol. The fourth-order valence-corrected chi connectivity index (χ4v) is 2.42. The van der Waals surface area contributed by atoms with E-state index >= 15 is 0 Å². The molecular formula is C17H15NO2. The molecule has 3 nitrogen and oxygen atoms in total. The van der Waals surface area contributed by atoms with Crippen molar-refractivity contribution in [1.29, 1.82) is 0 Å². The summed E-state index contributed by atoms with van der Waals surface area (Å²) < 4.78 is 2.16. The van der Waals surface area contributed by atoms with E-state index in [1.807, 2.05) is 36.5 Å². The Hall–Kier alpha value is -2.55. The van der Waals surface area contributed by atoms with Gasteiger partial charge in [-0.1, -0.05) is 30.3 Å². The lowest BCUT2D eigenvalue weighted by atomic mass is 10.1. The van der Waals surface area contributed by atoms with Gasteiger partial charge in [-0.05, 0) is 36.2 Å². The number of aryl methyl sites for hydroxylation is 2. The van der Waals surface area contributed by atoms with E-state index in [4.69, 9.17) is 5.11 Å². The van der Waals surface area contributed by atoms with Crippen LogP contribution in [0.1, 0.15) is 15.9 Å². The summed E-state index contributed by atoms with van der Waals surface area (Å²) >= 11 is 0. The van der Waals surface area contributed by atoms with Gasteiger partial charge in [-0.25, -0.2) is 4.79 Å². The number of aromatic nitrogens is 1. The van der Waals surface area contributed by atoms with Crippen molar-refractivity contribution < 1.29 is 9.90 Å². The Labute approximate surface area is 117 Å². The van der Waals surface area contributed by atoms with E-state index in [-0.39, 0.29) is 0 Å². The number of carboxylic acid groups (broad SMARTS) is 1. The molecule has 1 N–H and O–H groups in total. The maximum absolute atomic E-state index is 11.0. The number of hydrogen-bond donors (Lipinski definition) is 1. The number of carbonyl (C=O) groups is 1. The summed E-state index contributed by atoms with van der Waals surface area (Å²) in [5.41, 5.74) is 2.71. The van der Waals surface area contributed by atoms with Crippen molar-refractivity contribution >= 4 is 16.9 Å². The van der Waals surface area contributed by atoms with Crippen LogP contribution < -0.4 is 0 Å². The first-order valence-corrected chi connectivity index (χ1v) is 6.60. The lowest BCUT2D eigenvalue weighted by Crippen LogP contribution is -2.00. The molecule has 0 atom stereocenters. The minimum atomic E-state index is -0.885. The molecule has 100 valence electrons. The lowest BCUT2D eigenvalue weighted by molar-refractivity contribution is 0.0697. The van der Waals surface area contributed by atoms with Crippen LogP contribution >= 0.6 is 0 Å². The predicted octanol–water partition coefficient (Wildman–Crippen LogP) is 3.58. The maximum Gasteiger partial charge on any atom is 0.335 e. The zero-order chi connectivity index (χ0) is 13.9. The maximum atomic E-state index is 11.0. The number of nitrogens with zero attached hydrogens (tertiary/aromatic N) is 1. The minimum Gasteiger partial charge on any atom is -0.478 e. The second-order valence-electron chi connectivity index (χ2n) is 4.82. The molecule has 0 saturated carbocycles. The third kappa shape index (κ3) is 2.43. The summed E-state index contributed by atoms with van der Waals surface area (Å²) in [4.78, 5) is 11.0. The van der Waals surface area contributed by atoms with Gasteiger partial charge in [-0.15, -0.1) is 0 Å². The number of aromatic carboxylic acids is 1. The first-order valence-electron chi connectivity index (χ1n) is 6.60. The molecule has 0 saturated heterocycles. The van der Waals surface area contributed by atoms with Crippen molar-refractivity contribution in [2.45, 2.75) is 13.0 Å². The monoisotopic (exact) mass is 265 g/mol. The first-order chi connectivity index (χ1) is 9.74. The summed E-state index contributed by atoms with van der Waals surface area (Å²) in [6, 6.07) is 17.6. The number of hydrogen-bond acceptors (Lipinski definition) is 1. The average Bonchev–Trinajstić information content (AvgIpc) is 2.88. The van der Waals surface area contributed by atoms with Gasteiger partial charge in [0.1, 0.15) is 0 Å². The largest absolute Gasteiger partial charge is 0.478 e. The van der Waals surface area contributed by atoms with Crippen LogP contribution in [0.4, 0.5) is 0 Å². The molecular weight excluding hydrogens is 250 g/mol. The summed E-state index contributed by atoms with van der Waals surface area (Å²) in [7, 11) is 0. The highest BCUT2D eigenvalue weighted by Crippen LogP contribution is 2.18. The Balaban J connectivity index is 1.84. The highest BCUT2D eigenvalue weighted by Gasteiger charge is 2.06. The summed E-state index contributed by atoms with van der Waals surface area (Å²) in [5.74, 6) is -0.885. The van der Waals surface area contributed by atoms with Gasteiger partial charge >= 0.3 is 5.97 Å². The molecule has 3 heteroatoms. The standard InChI is InChI=1S/C17H15NO2/c19-17(20)15-6-7-16-14(12-15)9-11-18(16)10-8-13-4-2-1-3-5-13/h1-7,9,11-12H,8,10H2,(H,19,20). The molecule has 0 amide bonds. The molecule has 1 aromatic heterocycles. The molecule has 0 radical (unpaired) electrons. The summed E-state index contributed by atoms with van der Waals surface area (Å²) in [6.07, 6.45) is 2.98. The fourth-order valence-electron chi connectivity index (χ4n) is 2.42. The van der Waals surface area contributed by atoms with Crippen molar-refractivity contribution in [2.24, 2.45) is 0 Å². The topological polar surface area (TPSA) is 42.2 Å². The molecule has 0 bridgehead atoms. The van der Waals surface area contributed by atoms with E-state index in [0.29, 0.717) is 5.56 Å². The SMILES string of the molecule is O=C(O)c1ccc2c(ccn2CCc2ccccc2)c1. The Morgan fingerprint density at radius 2 is 1.85 bits per heavy atom. The van der Waals surface area contributed by atoms with Crippen LogP contribution in [0.5, 0.6) is 0 Å². The number of fused-ring (bicyclic) bond motifs is 1. The van der Waals surface area contributed by atoms with Gasteiger partial charge in [0.15, 0.2) is 0 Å². The number of benzene rings is 2. The fraction of sp³-hybridized carbons (Fsp3) is 0.118. The van der Waals surface area contributed by atoms with Gasteiger partial charge in [-0.2, -0.15) is 0 Å². The molecule has 0 fully saturated rings. The van der Waals surface area contributed by atoms with Crippen LogP contribution in [-0.2, 0) is 13.0 Å². The highest BCUT2D eigenvalue weighted by atomic mass is 16.4. The van der Waals surface area contributed by atoms with Crippen LogP contribution in [0.3, 0.4) is 0 Å². The second-order valence-corrected chi connectivity index (χ2v) is 4.82. The predicted molar refractivity (Wildman–Crippen MR) is 79.0 cm³/mol. The van der Waals surface area contributed by atoms with Crippen molar-refractivity contribution in [1.82, 2.24) is 4.57 Å². The van der Waals surface area contributed by atoms with Crippen LogP contribution in [0.2, 0.25) is 0 Å². The molecule has 0 aliphatic heterocycles. The van der Waals surface area contributed by atoms with E-state index < -0.39 is 5.97 Å². The van der Waals surface area contributed by atoms with Crippen molar-refractivity contribution in [3.8, 4) is 0 Å². The van der Waals surface area contributed by atoms with Crippen LogP contribution in [0, 0.1) is 0 Å². The second kappa shape index (κ2) is 5.21. The quantitative estimate of drug-likeness (QED) is 0.783. The molecule has 1 heterocycles. The van der Waals surface area contributed by atoms with E-state index in [2.05, 4.69) is 16.7 Å². The molecule has 3 rings (SSSR count). The Kier molecular flexibility index (Phi) is 3.25. The van der Waals surface area contributed by atoms with Gasteiger partial charge in [0.25, 0.3) is 0 Å². The number of carboxylic acids is 1. The van der Waals surface area contributed by atoms with Gasteiger partial charge < -0.3 is 9.67 Å². The third-order valence-corrected chi connectivity index (χ3v) is 3.50. The van der Waals surface area contributed by atoms with Crippen molar-refractivity contribution in [3.63, 3.8) is 0 Å². The van der Waals surface area contributed by atoms with Crippen LogP contribution in [-0.4, -0.2) is 15.6 Å². The molecule has 0 aliphatic rings. The molecule has 3 aromatic rings. The summed E-state index contributed by atoms with van der Waals surface area (Å²) in [5, 5.41) is 9.97. The normalized spacial score (nSPS) is 10.8. The Bertz CT molecular complexity index is 744. The molecule has 2 aromatic carbocycles. The smallest absolute Gasteiger partial charge is 0.335 e. The molecule has 20 heavy (non-hydrogen) atoms. The molecule has 0 aliphatic carbocycles. The van der Waals surface area contributed by atoms with Crippen LogP contribution in [0.15, 0.2) is 60.8 Å². The zero-order valence-corrected chi connectivity index (χ0v) is 11.0. The van der Waals surface area contributed by atoms with E-state index in [9.17, 15) is 4.79 Å². The highest BCUT2D eigenvalue weighted by molar-refractivity contribution is 5.93. The number of rotatable bonds is 4. The molecule has 0 spiro atoms. The van der Waals surface area contributed by atoms with E-state index in [1.54, 1.807) is 12.1 Å². The van der Waals surface area contributed by atoms with Crippen molar-refractivity contribution in [2.75, 3.05) is 0 Å². The third-order valence-electron chi connectivity index (χ3n) is 3.50. The lowest BCUT2D eigenvalue weighted by Gasteiger charge is -2.06. The van der Waals surface area contributed by atoms with Crippen molar-refractivity contribution in [3.05, 3.63) is 71.9 Å². The van der Waals surface area contributed by atoms with Gasteiger partial charge in [0, 0.05) is 23.6 Å². The molecule has 0 unspecified atom stereocenters. The Morgan fingerprint density at radius 1 is 1.05 bits per heavy atom. The van der Waals surface area contributed by atoms with Gasteiger partial charge in [0.2, 0.25) is 0 Å². The van der Waals surface area contributed by atoms with E-state index in [1.165, 1.54) is 5.56 Å². The minimum absolute atomic E-state index is 0.332. The van der Waals surface area contributed by atoms with Gasteiger partial charge in [-0.3, -0.25) is 0 Å². The Morgan fingerprint density at radius 3 is 2.60 bits per heavy atom. The summed E-state index contributed by atoms with van der Waals surface area (Å²) in [6.45, 7) is 0.889. The zero-order valence-electron chi connectivity index (χ0n) is 11.0. The van der Waals surface area contributed by atoms with E-state index in [0.717, 1.165) is 23.9 Å². The first kappa shape index (κ1) is 12.5.